The smallest absolute Gasteiger partial charge is 0.406 e. The van der Waals surface area contributed by atoms with Crippen molar-refractivity contribution in [3.63, 3.8) is 0 Å². The van der Waals surface area contributed by atoms with E-state index in [9.17, 15) is 4.79 Å². The maximum atomic E-state index is 11.8. The van der Waals surface area contributed by atoms with Crippen molar-refractivity contribution in [2.45, 2.75) is 6.54 Å². The van der Waals surface area contributed by atoms with Gasteiger partial charge in [-0.3, -0.25) is 4.57 Å². The second-order valence-corrected chi connectivity index (χ2v) is 4.60. The number of nitrogens with zero attached hydrogens (tertiary/aromatic N) is 3. The van der Waals surface area contributed by atoms with Crippen molar-refractivity contribution in [2.24, 2.45) is 0 Å². The van der Waals surface area contributed by atoms with Gasteiger partial charge in [-0.2, -0.15) is 0 Å². The lowest BCUT2D eigenvalue weighted by molar-refractivity contribution is 0.505. The third-order valence-corrected chi connectivity index (χ3v) is 3.28. The van der Waals surface area contributed by atoms with Crippen LogP contribution in [0.4, 0.5) is 5.69 Å². The first-order valence-corrected chi connectivity index (χ1v) is 6.46. The molecule has 0 aliphatic heterocycles. The minimum atomic E-state index is -0.361. The molecule has 0 saturated heterocycles. The Labute approximate surface area is 116 Å². The number of likely N-dealkylation sites (N-methyl/N-ethyl adjacent to an activating group) is 1. The van der Waals surface area contributed by atoms with Crippen LogP contribution in [-0.4, -0.2) is 23.1 Å². The van der Waals surface area contributed by atoms with Gasteiger partial charge in [-0.05, 0) is 24.3 Å². The zero-order valence-corrected chi connectivity index (χ0v) is 11.2. The number of hydrogen-bond donors (Lipinski definition) is 0. The normalized spacial score (nSPS) is 10.8. The number of anilines is 1. The fraction of sp³-hybridized carbons (Fsp3) is 0.200. The van der Waals surface area contributed by atoms with Crippen LogP contribution < -0.4 is 10.7 Å². The molecule has 20 heavy (non-hydrogen) atoms. The quantitative estimate of drug-likeness (QED) is 0.728. The molecule has 3 rings (SSSR count). The van der Waals surface area contributed by atoms with Crippen LogP contribution in [-0.2, 0) is 6.54 Å². The third kappa shape index (κ3) is 2.30. The van der Waals surface area contributed by atoms with Crippen molar-refractivity contribution in [3.8, 4) is 0 Å². The summed E-state index contributed by atoms with van der Waals surface area (Å²) >= 11 is 0. The first kappa shape index (κ1) is 12.5. The van der Waals surface area contributed by atoms with Crippen molar-refractivity contribution < 1.29 is 4.42 Å². The fourth-order valence-corrected chi connectivity index (χ4v) is 2.16. The molecule has 0 fully saturated rings. The molecule has 2 aromatic heterocycles. The molecule has 1 aromatic carbocycles. The Hall–Kier alpha value is -2.56. The molecule has 2 heterocycles. The molecule has 5 nitrogen and oxygen atoms in total. The van der Waals surface area contributed by atoms with Crippen LogP contribution in [0.5, 0.6) is 0 Å². The molecule has 0 unspecified atom stereocenters. The van der Waals surface area contributed by atoms with E-state index in [1.807, 2.05) is 37.4 Å². The van der Waals surface area contributed by atoms with E-state index in [0.717, 1.165) is 5.69 Å². The Balaban J connectivity index is 1.81. The molecule has 0 aliphatic carbocycles. The predicted molar refractivity (Wildman–Crippen MR) is 78.0 cm³/mol. The molecule has 0 atom stereocenters. The van der Waals surface area contributed by atoms with Crippen LogP contribution in [0.15, 0.2) is 57.9 Å². The highest BCUT2D eigenvalue weighted by molar-refractivity contribution is 5.67. The molecule has 3 aromatic rings. The van der Waals surface area contributed by atoms with Gasteiger partial charge in [0, 0.05) is 32.0 Å². The maximum Gasteiger partial charge on any atom is 0.421 e. The summed E-state index contributed by atoms with van der Waals surface area (Å²) in [7, 11) is 2.00. The van der Waals surface area contributed by atoms with Gasteiger partial charge in [-0.15, -0.1) is 0 Å². The molecule has 0 N–H and O–H groups in total. The molecular weight excluding hydrogens is 254 g/mol. The highest BCUT2D eigenvalue weighted by Gasteiger charge is 2.10. The van der Waals surface area contributed by atoms with Gasteiger partial charge in [0.05, 0.1) is 0 Å². The van der Waals surface area contributed by atoms with Crippen LogP contribution in [0.25, 0.3) is 11.2 Å². The number of aromatic nitrogens is 2. The number of oxazole rings is 1. The molecule has 102 valence electrons. The highest BCUT2D eigenvalue weighted by atomic mass is 16.4. The zero-order chi connectivity index (χ0) is 13.9. The highest BCUT2D eigenvalue weighted by Crippen LogP contribution is 2.12. The van der Waals surface area contributed by atoms with Crippen LogP contribution in [0.3, 0.4) is 0 Å². The minimum absolute atomic E-state index is 0.361. The van der Waals surface area contributed by atoms with Gasteiger partial charge in [0.2, 0.25) is 0 Å². The second kappa shape index (κ2) is 5.21. The van der Waals surface area contributed by atoms with Crippen LogP contribution >= 0.6 is 0 Å². The molecule has 5 heteroatoms. The van der Waals surface area contributed by atoms with E-state index >= 15 is 0 Å². The third-order valence-electron chi connectivity index (χ3n) is 3.28. The largest absolute Gasteiger partial charge is 0.421 e. The van der Waals surface area contributed by atoms with Crippen molar-refractivity contribution in [1.82, 2.24) is 9.55 Å². The van der Waals surface area contributed by atoms with E-state index in [2.05, 4.69) is 9.88 Å². The van der Waals surface area contributed by atoms with Crippen LogP contribution in [0.1, 0.15) is 0 Å². The summed E-state index contributed by atoms with van der Waals surface area (Å²) in [5.74, 6) is -0.361. The maximum absolute atomic E-state index is 11.8. The molecule has 0 aliphatic rings. The lowest BCUT2D eigenvalue weighted by Gasteiger charge is -2.18. The van der Waals surface area contributed by atoms with E-state index < -0.39 is 0 Å². The van der Waals surface area contributed by atoms with Gasteiger partial charge in [-0.1, -0.05) is 18.2 Å². The minimum Gasteiger partial charge on any atom is -0.406 e. The SMILES string of the molecule is CN(CCn1c(=O)oc2cccnc21)c1ccccc1. The van der Waals surface area contributed by atoms with Gasteiger partial charge >= 0.3 is 5.76 Å². The summed E-state index contributed by atoms with van der Waals surface area (Å²) in [6, 6.07) is 13.5. The second-order valence-electron chi connectivity index (χ2n) is 4.60. The van der Waals surface area contributed by atoms with Gasteiger partial charge < -0.3 is 9.32 Å². The molecule has 0 spiro atoms. The summed E-state index contributed by atoms with van der Waals surface area (Å²) in [4.78, 5) is 18.1. The number of hydrogen-bond acceptors (Lipinski definition) is 4. The average Bonchev–Trinajstić information content (AvgIpc) is 2.81. The average molecular weight is 269 g/mol. The van der Waals surface area contributed by atoms with E-state index in [-0.39, 0.29) is 5.76 Å². The Kier molecular flexibility index (Phi) is 3.25. The van der Waals surface area contributed by atoms with E-state index in [1.165, 1.54) is 0 Å². The monoisotopic (exact) mass is 269 g/mol. The summed E-state index contributed by atoms with van der Waals surface area (Å²) in [6.07, 6.45) is 1.66. The van der Waals surface area contributed by atoms with Gasteiger partial charge in [0.1, 0.15) is 0 Å². The predicted octanol–water partition coefficient (Wildman–Crippen LogP) is 2.13. The summed E-state index contributed by atoms with van der Waals surface area (Å²) in [5.41, 5.74) is 2.24. The first-order chi connectivity index (χ1) is 9.75. The Morgan fingerprint density at radius 1 is 1.20 bits per heavy atom. The molecular formula is C15H15N3O2. The number of fused-ring (bicyclic) bond motifs is 1. The van der Waals surface area contributed by atoms with E-state index in [4.69, 9.17) is 4.42 Å². The van der Waals surface area contributed by atoms with Crippen LogP contribution in [0.2, 0.25) is 0 Å². The summed E-state index contributed by atoms with van der Waals surface area (Å²) < 4.78 is 6.73. The van der Waals surface area contributed by atoms with Crippen LogP contribution in [0, 0.1) is 0 Å². The lowest BCUT2D eigenvalue weighted by Crippen LogP contribution is -2.26. The summed E-state index contributed by atoms with van der Waals surface area (Å²) in [5, 5.41) is 0. The van der Waals surface area contributed by atoms with Crippen molar-refractivity contribution in [2.75, 3.05) is 18.5 Å². The van der Waals surface area contributed by atoms with Gasteiger partial charge in [0.15, 0.2) is 11.2 Å². The molecule has 0 bridgehead atoms. The van der Waals surface area contributed by atoms with Crippen molar-refractivity contribution in [1.29, 1.82) is 0 Å². The standard InChI is InChI=1S/C15H15N3O2/c1-17(12-6-3-2-4-7-12)10-11-18-14-13(20-15(18)19)8-5-9-16-14/h2-9H,10-11H2,1H3. The fourth-order valence-electron chi connectivity index (χ4n) is 2.16. The lowest BCUT2D eigenvalue weighted by atomic mass is 10.3. The number of para-hydroxylation sites is 1. The number of benzene rings is 1. The Morgan fingerprint density at radius 3 is 2.80 bits per heavy atom. The zero-order valence-electron chi connectivity index (χ0n) is 11.2. The molecule has 0 radical (unpaired) electrons. The van der Waals surface area contributed by atoms with E-state index in [1.54, 1.807) is 22.9 Å². The molecule has 0 amide bonds. The molecule has 0 saturated carbocycles. The first-order valence-electron chi connectivity index (χ1n) is 6.46. The van der Waals surface area contributed by atoms with E-state index in [0.29, 0.717) is 24.3 Å². The van der Waals surface area contributed by atoms with Crippen molar-refractivity contribution in [3.05, 3.63) is 59.2 Å². The van der Waals surface area contributed by atoms with Gasteiger partial charge in [0.25, 0.3) is 0 Å². The Morgan fingerprint density at radius 2 is 2.00 bits per heavy atom. The summed E-state index contributed by atoms with van der Waals surface area (Å²) in [6.45, 7) is 1.24. The van der Waals surface area contributed by atoms with Crippen molar-refractivity contribution >= 4 is 16.9 Å². The van der Waals surface area contributed by atoms with Gasteiger partial charge in [-0.25, -0.2) is 9.78 Å². The Bertz CT molecular complexity index is 761. The number of rotatable bonds is 4. The topological polar surface area (TPSA) is 51.3 Å². The number of pyridine rings is 1.